The van der Waals surface area contributed by atoms with Gasteiger partial charge in [0.25, 0.3) is 0 Å². The normalized spacial score (nSPS) is 11.6. The molecule has 27 heavy (non-hydrogen) atoms. The van der Waals surface area contributed by atoms with Crippen LogP contribution in [0.25, 0.3) is 31.8 Å². The third-order valence-electron chi connectivity index (χ3n) is 4.16. The third kappa shape index (κ3) is 3.27. The molecule has 2 heterocycles. The predicted octanol–water partition coefficient (Wildman–Crippen LogP) is 3.79. The van der Waals surface area contributed by atoms with Crippen LogP contribution in [0.4, 0.5) is 0 Å². The lowest BCUT2D eigenvalue weighted by Crippen LogP contribution is -2.07. The van der Waals surface area contributed by atoms with Crippen molar-refractivity contribution in [3.05, 3.63) is 77.3 Å². The van der Waals surface area contributed by atoms with Crippen LogP contribution in [0.2, 0.25) is 0 Å². The summed E-state index contributed by atoms with van der Waals surface area (Å²) in [5.74, 6) is 0. The van der Waals surface area contributed by atoms with Crippen LogP contribution < -0.4 is 5.43 Å². The van der Waals surface area contributed by atoms with Crippen LogP contribution in [-0.4, -0.2) is 24.6 Å². The van der Waals surface area contributed by atoms with E-state index in [1.54, 1.807) is 48.9 Å². The summed E-state index contributed by atoms with van der Waals surface area (Å²) in [7, 11) is -3.29. The third-order valence-corrected chi connectivity index (χ3v) is 6.51. The van der Waals surface area contributed by atoms with Gasteiger partial charge in [0.2, 0.25) is 0 Å². The maximum Gasteiger partial charge on any atom is 0.198 e. The molecule has 0 aliphatic carbocycles. The number of sulfone groups is 1. The van der Waals surface area contributed by atoms with E-state index in [4.69, 9.17) is 0 Å². The van der Waals surface area contributed by atoms with Gasteiger partial charge in [-0.2, -0.15) is 0 Å². The fourth-order valence-corrected chi connectivity index (χ4v) is 4.68. The largest absolute Gasteiger partial charge is 0.288 e. The van der Waals surface area contributed by atoms with Gasteiger partial charge in [-0.25, -0.2) is 8.42 Å². The van der Waals surface area contributed by atoms with Crippen LogP contribution >= 0.6 is 11.3 Å². The van der Waals surface area contributed by atoms with E-state index in [0.29, 0.717) is 16.6 Å². The van der Waals surface area contributed by atoms with Gasteiger partial charge < -0.3 is 0 Å². The van der Waals surface area contributed by atoms with Crippen LogP contribution in [0.15, 0.2) is 76.8 Å². The molecule has 7 heteroatoms. The van der Waals surface area contributed by atoms with E-state index in [-0.39, 0.29) is 10.3 Å². The topological polar surface area (TPSA) is 77.0 Å². The summed E-state index contributed by atoms with van der Waals surface area (Å²) in [6.07, 6.45) is 5.83. The highest BCUT2D eigenvalue weighted by Crippen LogP contribution is 2.36. The number of rotatable bonds is 3. The molecule has 0 atom stereocenters. The molecule has 2 aromatic heterocycles. The Balaban J connectivity index is 2.03. The number of hydrogen-bond donors (Lipinski definition) is 0. The zero-order chi connectivity index (χ0) is 19.0. The minimum absolute atomic E-state index is 0.118. The molecule has 2 aromatic carbocycles. The first-order valence-corrected chi connectivity index (χ1v) is 10.8. The molecule has 0 radical (unpaired) electrons. The van der Waals surface area contributed by atoms with Gasteiger partial charge in [-0.05, 0) is 29.8 Å². The molecule has 134 valence electrons. The lowest BCUT2D eigenvalue weighted by atomic mass is 10.0. The molecule has 0 aliphatic rings. The molecule has 0 saturated heterocycles. The lowest BCUT2D eigenvalue weighted by molar-refractivity contribution is 0.602. The van der Waals surface area contributed by atoms with E-state index in [2.05, 4.69) is 9.97 Å². The van der Waals surface area contributed by atoms with Gasteiger partial charge in [-0.3, -0.25) is 14.8 Å². The monoisotopic (exact) mass is 394 g/mol. The average molecular weight is 394 g/mol. The number of fused-ring (bicyclic) bond motifs is 1. The Morgan fingerprint density at radius 3 is 2.37 bits per heavy atom. The summed E-state index contributed by atoms with van der Waals surface area (Å²) in [6.45, 7) is 0. The van der Waals surface area contributed by atoms with E-state index in [1.807, 2.05) is 18.2 Å². The number of hydrogen-bond acceptors (Lipinski definition) is 6. The van der Waals surface area contributed by atoms with Gasteiger partial charge in [0.1, 0.15) is 0 Å². The Bertz CT molecular complexity index is 1300. The van der Waals surface area contributed by atoms with Gasteiger partial charge >= 0.3 is 0 Å². The Hall–Kier alpha value is -2.90. The van der Waals surface area contributed by atoms with E-state index in [9.17, 15) is 13.2 Å². The van der Waals surface area contributed by atoms with Crippen molar-refractivity contribution in [3.8, 4) is 21.7 Å². The van der Waals surface area contributed by atoms with E-state index < -0.39 is 9.84 Å². The first kappa shape index (κ1) is 17.5. The first-order valence-electron chi connectivity index (χ1n) is 8.08. The number of aromatic nitrogens is 2. The van der Waals surface area contributed by atoms with Crippen LogP contribution in [0.1, 0.15) is 0 Å². The molecule has 4 rings (SSSR count). The fraction of sp³-hybridized carbons (Fsp3) is 0.0500. The molecular formula is C20H14N2O3S2. The molecule has 0 spiro atoms. The summed E-state index contributed by atoms with van der Waals surface area (Å²) in [6, 6.07) is 14.0. The van der Waals surface area contributed by atoms with Crippen molar-refractivity contribution in [2.24, 2.45) is 0 Å². The minimum Gasteiger partial charge on any atom is -0.288 e. The van der Waals surface area contributed by atoms with Crippen molar-refractivity contribution in [3.63, 3.8) is 0 Å². The summed E-state index contributed by atoms with van der Waals surface area (Å²) < 4.78 is 24.3. The summed E-state index contributed by atoms with van der Waals surface area (Å²) in [5, 5.41) is 0.625. The molecule has 4 aromatic rings. The zero-order valence-electron chi connectivity index (χ0n) is 14.3. The minimum atomic E-state index is -3.29. The summed E-state index contributed by atoms with van der Waals surface area (Å²) in [4.78, 5) is 22.6. The standard InChI is InChI=1S/C20H14N2O3S2/c1-27(24,25)14-8-6-13(7-9-14)20-18(16-12-21-10-11-22-16)19(23)15-4-2-3-5-17(15)26-20/h2-12H,1H3. The van der Waals surface area contributed by atoms with Crippen molar-refractivity contribution in [1.82, 2.24) is 9.97 Å². The summed E-state index contributed by atoms with van der Waals surface area (Å²) >= 11 is 1.47. The Morgan fingerprint density at radius 1 is 0.963 bits per heavy atom. The van der Waals surface area contributed by atoms with Gasteiger partial charge in [-0.15, -0.1) is 11.3 Å². The van der Waals surface area contributed by atoms with E-state index in [0.717, 1.165) is 15.1 Å². The zero-order valence-corrected chi connectivity index (χ0v) is 15.9. The molecule has 0 saturated carbocycles. The van der Waals surface area contributed by atoms with Crippen molar-refractivity contribution in [2.45, 2.75) is 4.90 Å². The highest BCUT2D eigenvalue weighted by atomic mass is 32.2. The molecule has 0 fully saturated rings. The van der Waals surface area contributed by atoms with Crippen LogP contribution in [0, 0.1) is 0 Å². The average Bonchev–Trinajstić information content (AvgIpc) is 2.68. The second-order valence-corrected chi connectivity index (χ2v) is 9.09. The lowest BCUT2D eigenvalue weighted by Gasteiger charge is -2.10. The van der Waals surface area contributed by atoms with Crippen molar-refractivity contribution in [1.29, 1.82) is 0 Å². The second kappa shape index (κ2) is 6.68. The van der Waals surface area contributed by atoms with Crippen LogP contribution in [-0.2, 0) is 9.84 Å². The van der Waals surface area contributed by atoms with E-state index >= 15 is 0 Å². The quantitative estimate of drug-likeness (QED) is 0.528. The molecule has 5 nitrogen and oxygen atoms in total. The first-order chi connectivity index (χ1) is 12.9. The Morgan fingerprint density at radius 2 is 1.70 bits per heavy atom. The molecule has 0 amide bonds. The molecular weight excluding hydrogens is 380 g/mol. The summed E-state index contributed by atoms with van der Waals surface area (Å²) in [5.41, 5.74) is 1.61. The van der Waals surface area contributed by atoms with Gasteiger partial charge in [0.05, 0.1) is 22.3 Å². The number of benzene rings is 2. The van der Waals surface area contributed by atoms with Crippen LogP contribution in [0.3, 0.4) is 0 Å². The maximum atomic E-state index is 13.2. The van der Waals surface area contributed by atoms with Gasteiger partial charge in [0.15, 0.2) is 15.3 Å². The fourth-order valence-electron chi connectivity index (χ4n) is 2.86. The molecule has 0 aliphatic heterocycles. The van der Waals surface area contributed by atoms with Crippen LogP contribution in [0.5, 0.6) is 0 Å². The Labute approximate surface area is 159 Å². The van der Waals surface area contributed by atoms with E-state index in [1.165, 1.54) is 17.6 Å². The SMILES string of the molecule is CS(=O)(=O)c1ccc(-c2sc3ccccc3c(=O)c2-c2cnccn2)cc1. The molecule has 0 N–H and O–H groups in total. The molecule has 0 bridgehead atoms. The maximum absolute atomic E-state index is 13.2. The smallest absolute Gasteiger partial charge is 0.198 e. The van der Waals surface area contributed by atoms with Gasteiger partial charge in [0, 0.05) is 33.6 Å². The van der Waals surface area contributed by atoms with Crippen molar-refractivity contribution < 1.29 is 8.42 Å². The second-order valence-electron chi connectivity index (χ2n) is 6.02. The van der Waals surface area contributed by atoms with Gasteiger partial charge in [-0.1, -0.05) is 24.3 Å². The highest BCUT2D eigenvalue weighted by Gasteiger charge is 2.17. The number of nitrogens with zero attached hydrogens (tertiary/aromatic N) is 2. The Kier molecular flexibility index (Phi) is 4.33. The predicted molar refractivity (Wildman–Crippen MR) is 108 cm³/mol. The van der Waals surface area contributed by atoms with Crippen molar-refractivity contribution in [2.75, 3.05) is 6.26 Å². The van der Waals surface area contributed by atoms with Crippen molar-refractivity contribution >= 4 is 31.3 Å². The highest BCUT2D eigenvalue weighted by molar-refractivity contribution is 7.90. The molecule has 0 unspecified atom stereocenters.